The zero-order chi connectivity index (χ0) is 19.8. The minimum absolute atomic E-state index is 0.0364. The zero-order valence-electron chi connectivity index (χ0n) is 15.3. The Kier molecular flexibility index (Phi) is 4.86. The average Bonchev–Trinajstić information content (AvgIpc) is 2.88. The summed E-state index contributed by atoms with van der Waals surface area (Å²) < 4.78 is 5.91. The van der Waals surface area contributed by atoms with Gasteiger partial charge in [0.15, 0.2) is 0 Å². The molecule has 3 aliphatic heterocycles. The van der Waals surface area contributed by atoms with Gasteiger partial charge in [-0.1, -0.05) is 0 Å². The van der Waals surface area contributed by atoms with E-state index < -0.39 is 29.7 Å². The lowest BCUT2D eigenvalue weighted by atomic mass is 10.0. The van der Waals surface area contributed by atoms with Crippen LogP contribution in [0.25, 0.3) is 0 Å². The van der Waals surface area contributed by atoms with E-state index in [2.05, 4.69) is 10.2 Å². The van der Waals surface area contributed by atoms with Gasteiger partial charge in [-0.3, -0.25) is 34.3 Å². The predicted octanol–water partition coefficient (Wildman–Crippen LogP) is -0.500. The molecule has 1 atom stereocenters. The summed E-state index contributed by atoms with van der Waals surface area (Å²) in [4.78, 5) is 52.1. The summed E-state index contributed by atoms with van der Waals surface area (Å²) in [5, 5.41) is 2.18. The summed E-state index contributed by atoms with van der Waals surface area (Å²) in [5.41, 5.74) is 5.99. The lowest BCUT2D eigenvalue weighted by Crippen LogP contribution is -2.54. The molecule has 1 aromatic rings. The van der Waals surface area contributed by atoms with E-state index in [1.807, 2.05) is 0 Å². The molecule has 3 N–H and O–H groups in total. The normalized spacial score (nSPS) is 22.9. The summed E-state index contributed by atoms with van der Waals surface area (Å²) in [6.07, 6.45) is 1.22. The first-order chi connectivity index (χ1) is 13.5. The molecule has 2 saturated heterocycles. The van der Waals surface area contributed by atoms with Crippen molar-refractivity contribution in [2.45, 2.75) is 31.4 Å². The van der Waals surface area contributed by atoms with E-state index in [1.165, 1.54) is 0 Å². The van der Waals surface area contributed by atoms with Crippen LogP contribution in [0, 0.1) is 0 Å². The van der Waals surface area contributed by atoms with Crippen molar-refractivity contribution in [3.8, 4) is 5.75 Å². The Balaban J connectivity index is 1.44. The number of nitrogens with two attached hydrogens (primary N) is 1. The molecule has 1 unspecified atom stereocenters. The van der Waals surface area contributed by atoms with Crippen LogP contribution in [0.3, 0.4) is 0 Å². The number of hydrogen-bond donors (Lipinski definition) is 2. The SMILES string of the molecule is NCCCN1CC(Oc2ccc3c(c2)C(=O)N(C2CCC(=O)NC2=O)C3=O)C1. The van der Waals surface area contributed by atoms with Gasteiger partial charge < -0.3 is 10.5 Å². The molecule has 9 nitrogen and oxygen atoms in total. The van der Waals surface area contributed by atoms with Crippen molar-refractivity contribution >= 4 is 23.6 Å². The Morgan fingerprint density at radius 1 is 1.11 bits per heavy atom. The number of carbonyl (C=O) groups is 4. The van der Waals surface area contributed by atoms with Gasteiger partial charge in [0.1, 0.15) is 17.9 Å². The molecule has 0 radical (unpaired) electrons. The maximum Gasteiger partial charge on any atom is 0.262 e. The molecule has 4 rings (SSSR count). The minimum Gasteiger partial charge on any atom is -0.488 e. The largest absolute Gasteiger partial charge is 0.488 e. The highest BCUT2D eigenvalue weighted by Gasteiger charge is 2.44. The number of benzene rings is 1. The number of likely N-dealkylation sites (tertiary alicyclic amines) is 1. The van der Waals surface area contributed by atoms with Crippen LogP contribution >= 0.6 is 0 Å². The van der Waals surface area contributed by atoms with E-state index in [0.717, 1.165) is 31.0 Å². The van der Waals surface area contributed by atoms with Crippen molar-refractivity contribution < 1.29 is 23.9 Å². The number of rotatable bonds is 6. The number of ether oxygens (including phenoxy) is 1. The number of hydrogen-bond acceptors (Lipinski definition) is 7. The molecule has 0 spiro atoms. The number of piperidine rings is 1. The van der Waals surface area contributed by atoms with Crippen molar-refractivity contribution in [2.75, 3.05) is 26.2 Å². The number of fused-ring (bicyclic) bond motifs is 1. The molecule has 1 aromatic carbocycles. The zero-order valence-corrected chi connectivity index (χ0v) is 15.3. The fourth-order valence-electron chi connectivity index (χ4n) is 3.81. The van der Waals surface area contributed by atoms with Crippen LogP contribution < -0.4 is 15.8 Å². The third-order valence-electron chi connectivity index (χ3n) is 5.32. The minimum atomic E-state index is -0.961. The Labute approximate surface area is 161 Å². The number of carbonyl (C=O) groups excluding carboxylic acids is 4. The first-order valence-electron chi connectivity index (χ1n) is 9.42. The van der Waals surface area contributed by atoms with E-state index in [0.29, 0.717) is 12.3 Å². The van der Waals surface area contributed by atoms with Gasteiger partial charge in [0.05, 0.1) is 11.1 Å². The quantitative estimate of drug-likeness (QED) is 0.632. The van der Waals surface area contributed by atoms with Gasteiger partial charge in [0.25, 0.3) is 11.8 Å². The molecular weight excluding hydrogens is 364 g/mol. The third-order valence-corrected chi connectivity index (χ3v) is 5.32. The Morgan fingerprint density at radius 2 is 1.86 bits per heavy atom. The molecule has 4 amide bonds. The summed E-state index contributed by atoms with van der Waals surface area (Å²) >= 11 is 0. The topological polar surface area (TPSA) is 122 Å². The van der Waals surface area contributed by atoms with E-state index in [4.69, 9.17) is 10.5 Å². The Hall–Kier alpha value is -2.78. The second-order valence-electron chi connectivity index (χ2n) is 7.30. The van der Waals surface area contributed by atoms with Crippen molar-refractivity contribution in [3.63, 3.8) is 0 Å². The lowest BCUT2D eigenvalue weighted by Gasteiger charge is -2.39. The van der Waals surface area contributed by atoms with Crippen molar-refractivity contribution in [1.82, 2.24) is 15.1 Å². The van der Waals surface area contributed by atoms with Gasteiger partial charge in [-0.05, 0) is 44.1 Å². The van der Waals surface area contributed by atoms with E-state index in [9.17, 15) is 19.2 Å². The van der Waals surface area contributed by atoms with Crippen LogP contribution in [-0.2, 0) is 9.59 Å². The smallest absolute Gasteiger partial charge is 0.262 e. The molecule has 0 saturated carbocycles. The molecule has 3 aliphatic rings. The van der Waals surface area contributed by atoms with Crippen molar-refractivity contribution in [1.29, 1.82) is 0 Å². The maximum atomic E-state index is 12.8. The van der Waals surface area contributed by atoms with Gasteiger partial charge >= 0.3 is 0 Å². The van der Waals surface area contributed by atoms with E-state index >= 15 is 0 Å². The van der Waals surface area contributed by atoms with Crippen LogP contribution in [0.1, 0.15) is 40.0 Å². The summed E-state index contributed by atoms with van der Waals surface area (Å²) in [6.45, 7) is 3.19. The van der Waals surface area contributed by atoms with Crippen molar-refractivity contribution in [2.24, 2.45) is 5.73 Å². The van der Waals surface area contributed by atoms with Gasteiger partial charge in [0, 0.05) is 19.5 Å². The average molecular weight is 386 g/mol. The predicted molar refractivity (Wildman–Crippen MR) is 97.6 cm³/mol. The van der Waals surface area contributed by atoms with Crippen LogP contribution in [0.2, 0.25) is 0 Å². The highest BCUT2D eigenvalue weighted by atomic mass is 16.5. The summed E-state index contributed by atoms with van der Waals surface area (Å²) in [7, 11) is 0. The van der Waals surface area contributed by atoms with Gasteiger partial charge in [-0.25, -0.2) is 0 Å². The van der Waals surface area contributed by atoms with E-state index in [-0.39, 0.29) is 30.1 Å². The summed E-state index contributed by atoms with van der Waals surface area (Å²) in [5.74, 6) is -1.53. The van der Waals surface area contributed by atoms with Crippen LogP contribution in [0.4, 0.5) is 0 Å². The molecule has 9 heteroatoms. The van der Waals surface area contributed by atoms with Crippen LogP contribution in [0.5, 0.6) is 5.75 Å². The first-order valence-corrected chi connectivity index (χ1v) is 9.42. The maximum absolute atomic E-state index is 12.8. The fourth-order valence-corrected chi connectivity index (χ4v) is 3.81. The van der Waals surface area contributed by atoms with Gasteiger partial charge in [-0.15, -0.1) is 0 Å². The second kappa shape index (κ2) is 7.33. The van der Waals surface area contributed by atoms with Crippen LogP contribution in [0.15, 0.2) is 18.2 Å². The summed E-state index contributed by atoms with van der Waals surface area (Å²) in [6, 6.07) is 3.82. The Morgan fingerprint density at radius 3 is 2.57 bits per heavy atom. The van der Waals surface area contributed by atoms with Crippen LogP contribution in [-0.4, -0.2) is 71.8 Å². The molecule has 0 aromatic heterocycles. The Bertz CT molecular complexity index is 849. The second-order valence-corrected chi connectivity index (χ2v) is 7.30. The number of nitrogens with one attached hydrogen (secondary N) is 1. The molecule has 28 heavy (non-hydrogen) atoms. The highest BCUT2D eigenvalue weighted by molar-refractivity contribution is 6.23. The van der Waals surface area contributed by atoms with Gasteiger partial charge in [0.2, 0.25) is 11.8 Å². The monoisotopic (exact) mass is 386 g/mol. The molecule has 3 heterocycles. The molecule has 0 aliphatic carbocycles. The van der Waals surface area contributed by atoms with Crippen molar-refractivity contribution in [3.05, 3.63) is 29.3 Å². The van der Waals surface area contributed by atoms with E-state index in [1.54, 1.807) is 18.2 Å². The number of amides is 4. The number of imide groups is 2. The molecule has 148 valence electrons. The standard InChI is InChI=1S/C19H22N4O5/c20-6-1-7-22-9-12(10-22)28-11-2-3-13-14(8-11)19(27)23(18(13)26)15-4-5-16(24)21-17(15)25/h2-3,8,12,15H,1,4-7,9-10,20H2,(H,21,24,25). The van der Waals surface area contributed by atoms with Gasteiger partial charge in [-0.2, -0.15) is 0 Å². The number of nitrogens with zero attached hydrogens (tertiary/aromatic N) is 2. The third kappa shape index (κ3) is 3.27. The highest BCUT2D eigenvalue weighted by Crippen LogP contribution is 2.31. The fraction of sp³-hybridized carbons (Fsp3) is 0.474. The molecular formula is C19H22N4O5. The molecule has 2 fully saturated rings. The molecule has 0 bridgehead atoms. The first kappa shape index (κ1) is 18.6. The lowest BCUT2D eigenvalue weighted by molar-refractivity contribution is -0.136.